The summed E-state index contributed by atoms with van der Waals surface area (Å²) in [6, 6.07) is 17.2. The summed E-state index contributed by atoms with van der Waals surface area (Å²) in [5, 5.41) is 0. The number of fused-ring (bicyclic) bond motifs is 1. The van der Waals surface area contributed by atoms with Crippen molar-refractivity contribution in [1.29, 1.82) is 0 Å². The summed E-state index contributed by atoms with van der Waals surface area (Å²) in [4.78, 5) is 12.5. The minimum atomic E-state index is -2.83. The van der Waals surface area contributed by atoms with E-state index in [9.17, 15) is 13.6 Å². The van der Waals surface area contributed by atoms with Gasteiger partial charge in [0.2, 0.25) is 6.43 Å². The molecule has 30 heavy (non-hydrogen) atoms. The summed E-state index contributed by atoms with van der Waals surface area (Å²) >= 11 is 0. The van der Waals surface area contributed by atoms with Crippen LogP contribution in [0.25, 0.3) is 0 Å². The standard InChI is InChI=1S/C22H22F2O6/c1-26-22-18(29-20(25)13-8-4-2-5-9-13)16(19(23)24)17-15(28-22)12-27-21(30-17)14-10-6-3-7-11-14/h2-11,15-19,21-22H,12H2,1H3/t15-,16+,17-,18-,21?,22+/m1/s1. The number of ether oxygens (including phenoxy) is 5. The van der Waals surface area contributed by atoms with Gasteiger partial charge in [-0.15, -0.1) is 0 Å². The second-order valence-corrected chi connectivity index (χ2v) is 7.10. The van der Waals surface area contributed by atoms with E-state index in [0.717, 1.165) is 0 Å². The monoisotopic (exact) mass is 420 g/mol. The molecule has 2 saturated heterocycles. The molecule has 0 aliphatic carbocycles. The van der Waals surface area contributed by atoms with Gasteiger partial charge in [-0.25, -0.2) is 13.6 Å². The summed E-state index contributed by atoms with van der Waals surface area (Å²) in [5.74, 6) is -2.18. The number of benzene rings is 2. The van der Waals surface area contributed by atoms with Crippen molar-refractivity contribution in [3.63, 3.8) is 0 Å². The van der Waals surface area contributed by atoms with Crippen molar-refractivity contribution in [3.05, 3.63) is 71.8 Å². The van der Waals surface area contributed by atoms with Gasteiger partial charge >= 0.3 is 5.97 Å². The number of carbonyl (C=O) groups is 1. The smallest absolute Gasteiger partial charge is 0.338 e. The van der Waals surface area contributed by atoms with Crippen LogP contribution < -0.4 is 0 Å². The lowest BCUT2D eigenvalue weighted by atomic mass is 9.88. The van der Waals surface area contributed by atoms with E-state index in [-0.39, 0.29) is 12.2 Å². The molecule has 2 fully saturated rings. The van der Waals surface area contributed by atoms with Gasteiger partial charge in [0, 0.05) is 12.7 Å². The van der Waals surface area contributed by atoms with Crippen molar-refractivity contribution in [2.75, 3.05) is 13.7 Å². The highest BCUT2D eigenvalue weighted by atomic mass is 19.3. The fraction of sp³-hybridized carbons (Fsp3) is 0.409. The first-order chi connectivity index (χ1) is 14.6. The Labute approximate surface area is 172 Å². The van der Waals surface area contributed by atoms with Crippen molar-refractivity contribution in [2.45, 2.75) is 37.3 Å². The van der Waals surface area contributed by atoms with Gasteiger partial charge in [0.05, 0.1) is 18.1 Å². The number of alkyl halides is 2. The van der Waals surface area contributed by atoms with Crippen LogP contribution >= 0.6 is 0 Å². The van der Waals surface area contributed by atoms with Crippen LogP contribution in [-0.4, -0.2) is 50.7 Å². The fourth-order valence-corrected chi connectivity index (χ4v) is 3.78. The molecule has 2 aromatic rings. The largest absolute Gasteiger partial charge is 0.453 e. The molecule has 0 saturated carbocycles. The van der Waals surface area contributed by atoms with Crippen LogP contribution in [0, 0.1) is 5.92 Å². The Hall–Kier alpha value is -2.39. The van der Waals surface area contributed by atoms with Crippen molar-refractivity contribution in [2.24, 2.45) is 5.92 Å². The molecule has 2 heterocycles. The molecule has 0 amide bonds. The molecule has 160 valence electrons. The zero-order chi connectivity index (χ0) is 21.1. The molecule has 0 bridgehead atoms. The van der Waals surface area contributed by atoms with Crippen LogP contribution in [0.5, 0.6) is 0 Å². The van der Waals surface area contributed by atoms with E-state index < -0.39 is 49.2 Å². The summed E-state index contributed by atoms with van der Waals surface area (Å²) in [6.07, 6.45) is -7.98. The van der Waals surface area contributed by atoms with Crippen LogP contribution in [0.15, 0.2) is 60.7 Å². The Balaban J connectivity index is 1.58. The topological polar surface area (TPSA) is 63.2 Å². The summed E-state index contributed by atoms with van der Waals surface area (Å²) in [5.41, 5.74) is 0.952. The Morgan fingerprint density at radius 1 is 1.03 bits per heavy atom. The lowest BCUT2D eigenvalue weighted by Crippen LogP contribution is -2.62. The molecule has 0 N–H and O–H groups in total. The Morgan fingerprint density at radius 3 is 2.33 bits per heavy atom. The van der Waals surface area contributed by atoms with Gasteiger partial charge in [-0.1, -0.05) is 48.5 Å². The molecule has 2 aliphatic rings. The molecular weight excluding hydrogens is 398 g/mol. The number of hydrogen-bond acceptors (Lipinski definition) is 6. The molecule has 4 rings (SSSR count). The van der Waals surface area contributed by atoms with Crippen LogP contribution in [0.1, 0.15) is 22.2 Å². The van der Waals surface area contributed by atoms with E-state index in [0.29, 0.717) is 5.56 Å². The average Bonchev–Trinajstić information content (AvgIpc) is 2.79. The van der Waals surface area contributed by atoms with E-state index in [1.807, 2.05) is 18.2 Å². The molecule has 2 aromatic carbocycles. The van der Waals surface area contributed by atoms with Crippen LogP contribution in [0.4, 0.5) is 8.78 Å². The van der Waals surface area contributed by atoms with Gasteiger partial charge in [0.25, 0.3) is 0 Å². The SMILES string of the molecule is CO[C@H]1O[C@@H]2COC(c3ccccc3)O[C@H]2[C@H](C(F)F)[C@H]1OC(=O)c1ccccc1. The van der Waals surface area contributed by atoms with Gasteiger partial charge < -0.3 is 23.7 Å². The summed E-state index contributed by atoms with van der Waals surface area (Å²) in [7, 11) is 1.31. The van der Waals surface area contributed by atoms with Gasteiger partial charge in [-0.05, 0) is 12.1 Å². The van der Waals surface area contributed by atoms with Crippen LogP contribution in [0.3, 0.4) is 0 Å². The van der Waals surface area contributed by atoms with E-state index in [1.165, 1.54) is 7.11 Å². The second kappa shape index (κ2) is 9.18. The van der Waals surface area contributed by atoms with E-state index >= 15 is 0 Å². The minimum Gasteiger partial charge on any atom is -0.453 e. The van der Waals surface area contributed by atoms with E-state index in [2.05, 4.69) is 0 Å². The van der Waals surface area contributed by atoms with Crippen molar-refractivity contribution in [1.82, 2.24) is 0 Å². The van der Waals surface area contributed by atoms with Crippen molar-refractivity contribution in [3.8, 4) is 0 Å². The average molecular weight is 420 g/mol. The normalized spacial score (nSPS) is 31.2. The number of hydrogen-bond donors (Lipinski definition) is 0. The number of carbonyl (C=O) groups excluding carboxylic acids is 1. The predicted octanol–water partition coefficient (Wildman–Crippen LogP) is 3.58. The maximum Gasteiger partial charge on any atom is 0.338 e. The van der Waals surface area contributed by atoms with Crippen molar-refractivity contribution >= 4 is 5.97 Å². The van der Waals surface area contributed by atoms with Gasteiger partial charge in [-0.2, -0.15) is 0 Å². The maximum atomic E-state index is 14.2. The van der Waals surface area contributed by atoms with E-state index in [1.54, 1.807) is 42.5 Å². The Kier molecular flexibility index (Phi) is 6.38. The zero-order valence-corrected chi connectivity index (χ0v) is 16.2. The Bertz CT molecular complexity index is 834. The third kappa shape index (κ3) is 4.22. The van der Waals surface area contributed by atoms with Gasteiger partial charge in [0.1, 0.15) is 12.2 Å². The maximum absolute atomic E-state index is 14.2. The van der Waals surface area contributed by atoms with Gasteiger partial charge in [0.15, 0.2) is 18.7 Å². The Morgan fingerprint density at radius 2 is 1.70 bits per heavy atom. The lowest BCUT2D eigenvalue weighted by molar-refractivity contribution is -0.358. The highest BCUT2D eigenvalue weighted by Crippen LogP contribution is 2.40. The summed E-state index contributed by atoms with van der Waals surface area (Å²) < 4.78 is 56.5. The zero-order valence-electron chi connectivity index (χ0n) is 16.2. The predicted molar refractivity (Wildman–Crippen MR) is 101 cm³/mol. The number of esters is 1. The molecule has 6 atom stereocenters. The molecule has 1 unspecified atom stereocenters. The van der Waals surface area contributed by atoms with Crippen LogP contribution in [-0.2, 0) is 23.7 Å². The van der Waals surface area contributed by atoms with Crippen LogP contribution in [0.2, 0.25) is 0 Å². The summed E-state index contributed by atoms with van der Waals surface area (Å²) in [6.45, 7) is 0.0483. The molecular formula is C22H22F2O6. The molecule has 0 aromatic heterocycles. The molecule has 8 heteroatoms. The molecule has 0 spiro atoms. The second-order valence-electron chi connectivity index (χ2n) is 7.10. The number of methoxy groups -OCH3 is 1. The first kappa shape index (κ1) is 20.9. The fourth-order valence-electron chi connectivity index (χ4n) is 3.78. The number of rotatable bonds is 5. The van der Waals surface area contributed by atoms with E-state index in [4.69, 9.17) is 23.7 Å². The first-order valence-electron chi connectivity index (χ1n) is 9.63. The van der Waals surface area contributed by atoms with Gasteiger partial charge in [-0.3, -0.25) is 0 Å². The lowest BCUT2D eigenvalue weighted by Gasteiger charge is -2.48. The first-order valence-corrected chi connectivity index (χ1v) is 9.63. The molecule has 0 radical (unpaired) electrons. The third-order valence-corrected chi connectivity index (χ3v) is 5.24. The molecule has 6 nitrogen and oxygen atoms in total. The highest BCUT2D eigenvalue weighted by Gasteiger charge is 2.55. The quantitative estimate of drug-likeness (QED) is 0.689. The van der Waals surface area contributed by atoms with Crippen molar-refractivity contribution < 1.29 is 37.3 Å². The highest BCUT2D eigenvalue weighted by molar-refractivity contribution is 5.89. The number of halogens is 2. The molecule has 2 aliphatic heterocycles. The minimum absolute atomic E-state index is 0.0483. The third-order valence-electron chi connectivity index (χ3n) is 5.24.